The van der Waals surface area contributed by atoms with Gasteiger partial charge in [-0.3, -0.25) is 4.79 Å². The van der Waals surface area contributed by atoms with Gasteiger partial charge in [0.25, 0.3) is 11.8 Å². The number of hydrogen-bond acceptors (Lipinski definition) is 6. The predicted molar refractivity (Wildman–Crippen MR) is 91.4 cm³/mol. The molecule has 142 valence electrons. The first-order valence-corrected chi connectivity index (χ1v) is 8.65. The van der Waals surface area contributed by atoms with Crippen LogP contribution in [0, 0.1) is 0 Å². The maximum absolute atomic E-state index is 12.6. The normalized spacial score (nSPS) is 12.8. The third-order valence-corrected chi connectivity index (χ3v) is 4.73. The van der Waals surface area contributed by atoms with Gasteiger partial charge in [-0.25, -0.2) is 0 Å². The van der Waals surface area contributed by atoms with Crippen LogP contribution in [0.2, 0.25) is 4.34 Å². The molecule has 6 nitrogen and oxygen atoms in total. The van der Waals surface area contributed by atoms with E-state index >= 15 is 0 Å². The summed E-state index contributed by atoms with van der Waals surface area (Å²) in [5.41, 5.74) is -0.504. The van der Waals surface area contributed by atoms with E-state index in [0.29, 0.717) is 14.8 Å². The van der Waals surface area contributed by atoms with Crippen LogP contribution in [0.3, 0.4) is 0 Å². The van der Waals surface area contributed by atoms with E-state index in [1.807, 2.05) is 0 Å². The molecule has 2 heterocycles. The van der Waals surface area contributed by atoms with E-state index in [4.69, 9.17) is 16.1 Å². The minimum atomic E-state index is -4.45. The fourth-order valence-corrected chi connectivity index (χ4v) is 3.10. The molecule has 1 unspecified atom stereocenters. The first kappa shape index (κ1) is 19.3. The maximum atomic E-state index is 12.6. The highest BCUT2D eigenvalue weighted by Crippen LogP contribution is 2.30. The molecule has 2 N–H and O–H groups in total. The molecule has 1 amide bonds. The van der Waals surface area contributed by atoms with Gasteiger partial charge in [0.2, 0.25) is 5.82 Å². The number of aliphatic hydroxyl groups excluding tert-OH is 1. The number of nitrogens with zero attached hydrogens (tertiary/aromatic N) is 2. The molecule has 2 aromatic heterocycles. The Morgan fingerprint density at radius 2 is 1.96 bits per heavy atom. The highest BCUT2D eigenvalue weighted by molar-refractivity contribution is 7.18. The third kappa shape index (κ3) is 4.46. The van der Waals surface area contributed by atoms with Crippen molar-refractivity contribution in [2.24, 2.45) is 0 Å². The number of halogens is 4. The monoisotopic (exact) mass is 417 g/mol. The molecule has 0 saturated heterocycles. The summed E-state index contributed by atoms with van der Waals surface area (Å²) in [7, 11) is 0. The Morgan fingerprint density at radius 3 is 2.52 bits per heavy atom. The number of aliphatic hydroxyl groups is 1. The average molecular weight is 418 g/mol. The number of hydrogen-bond donors (Lipinski definition) is 2. The van der Waals surface area contributed by atoms with Gasteiger partial charge in [-0.15, -0.1) is 11.3 Å². The van der Waals surface area contributed by atoms with Crippen molar-refractivity contribution in [1.29, 1.82) is 0 Å². The summed E-state index contributed by atoms with van der Waals surface area (Å²) < 4.78 is 43.3. The lowest BCUT2D eigenvalue weighted by Gasteiger charge is -2.10. The molecule has 11 heteroatoms. The van der Waals surface area contributed by atoms with Crippen molar-refractivity contribution in [2.75, 3.05) is 6.61 Å². The first-order valence-electron chi connectivity index (χ1n) is 7.46. The van der Waals surface area contributed by atoms with Crippen LogP contribution in [0.1, 0.15) is 27.2 Å². The number of amides is 1. The van der Waals surface area contributed by atoms with E-state index in [1.54, 1.807) is 6.07 Å². The molecule has 0 saturated carbocycles. The second kappa shape index (κ2) is 7.67. The molecule has 0 fully saturated rings. The van der Waals surface area contributed by atoms with Crippen molar-refractivity contribution in [3.05, 3.63) is 57.1 Å². The molecule has 0 aliphatic heterocycles. The molecule has 0 aliphatic carbocycles. The summed E-state index contributed by atoms with van der Waals surface area (Å²) in [5.74, 6) is -0.533. The SMILES string of the molecule is O=C(NC(CO)c1nc(-c2ccc(C(F)(F)F)cc2)no1)c1ccc(Cl)s1. The summed E-state index contributed by atoms with van der Waals surface area (Å²) in [4.78, 5) is 16.5. The Kier molecular flexibility index (Phi) is 5.49. The Balaban J connectivity index is 1.76. The smallest absolute Gasteiger partial charge is 0.394 e. The van der Waals surface area contributed by atoms with Crippen molar-refractivity contribution >= 4 is 28.8 Å². The van der Waals surface area contributed by atoms with E-state index in [-0.39, 0.29) is 11.7 Å². The zero-order valence-corrected chi connectivity index (χ0v) is 14.9. The van der Waals surface area contributed by atoms with E-state index in [1.165, 1.54) is 18.2 Å². The number of thiophene rings is 1. The predicted octanol–water partition coefficient (Wildman–Crippen LogP) is 3.93. The Hall–Kier alpha value is -2.43. The Bertz CT molecular complexity index is 940. The lowest BCUT2D eigenvalue weighted by Crippen LogP contribution is -2.30. The van der Waals surface area contributed by atoms with Crippen molar-refractivity contribution in [3.63, 3.8) is 0 Å². The number of alkyl halides is 3. The van der Waals surface area contributed by atoms with Crippen LogP contribution in [0.25, 0.3) is 11.4 Å². The molecule has 0 bridgehead atoms. The van der Waals surface area contributed by atoms with Crippen molar-refractivity contribution < 1.29 is 27.6 Å². The molecule has 27 heavy (non-hydrogen) atoms. The highest BCUT2D eigenvalue weighted by Gasteiger charge is 2.30. The van der Waals surface area contributed by atoms with Gasteiger partial charge in [-0.05, 0) is 24.3 Å². The van der Waals surface area contributed by atoms with Crippen LogP contribution >= 0.6 is 22.9 Å². The van der Waals surface area contributed by atoms with Gasteiger partial charge in [0.15, 0.2) is 0 Å². The molecule has 3 aromatic rings. The van der Waals surface area contributed by atoms with Gasteiger partial charge in [0.1, 0.15) is 6.04 Å². The summed E-state index contributed by atoms with van der Waals surface area (Å²) in [6.45, 7) is -0.514. The molecular weight excluding hydrogens is 407 g/mol. The largest absolute Gasteiger partial charge is 0.416 e. The minimum Gasteiger partial charge on any atom is -0.394 e. The number of benzene rings is 1. The molecular formula is C16H11ClF3N3O3S. The topological polar surface area (TPSA) is 88.2 Å². The third-order valence-electron chi connectivity index (χ3n) is 3.50. The van der Waals surface area contributed by atoms with E-state index in [9.17, 15) is 23.1 Å². The Labute approximate surface area is 159 Å². The van der Waals surface area contributed by atoms with Crippen molar-refractivity contribution in [1.82, 2.24) is 15.5 Å². The van der Waals surface area contributed by atoms with Gasteiger partial charge < -0.3 is 14.9 Å². The minimum absolute atomic E-state index is 0.0330. The number of nitrogens with one attached hydrogen (secondary N) is 1. The fourth-order valence-electron chi connectivity index (χ4n) is 2.15. The number of aromatic nitrogens is 2. The second-order valence-electron chi connectivity index (χ2n) is 5.34. The second-order valence-corrected chi connectivity index (χ2v) is 7.06. The van der Waals surface area contributed by atoms with Crippen LogP contribution in [-0.2, 0) is 6.18 Å². The molecule has 1 atom stereocenters. The number of rotatable bonds is 5. The lowest BCUT2D eigenvalue weighted by atomic mass is 10.1. The quantitative estimate of drug-likeness (QED) is 0.656. The molecule has 0 spiro atoms. The molecule has 1 aromatic carbocycles. The molecule has 3 rings (SSSR count). The van der Waals surface area contributed by atoms with Crippen LogP contribution in [0.5, 0.6) is 0 Å². The fraction of sp³-hybridized carbons (Fsp3) is 0.188. The van der Waals surface area contributed by atoms with Crippen molar-refractivity contribution in [3.8, 4) is 11.4 Å². The van der Waals surface area contributed by atoms with Gasteiger partial charge in [0, 0.05) is 5.56 Å². The van der Waals surface area contributed by atoms with Crippen LogP contribution < -0.4 is 5.32 Å². The highest BCUT2D eigenvalue weighted by atomic mass is 35.5. The zero-order chi connectivity index (χ0) is 19.6. The maximum Gasteiger partial charge on any atom is 0.416 e. The standard InChI is InChI=1S/C16H11ClF3N3O3S/c17-12-6-5-11(27-12)14(25)21-10(7-24)15-22-13(23-26-15)8-1-3-9(4-2-8)16(18,19)20/h1-6,10,24H,7H2,(H,21,25). The van der Waals surface area contributed by atoms with E-state index in [2.05, 4.69) is 15.5 Å². The van der Waals surface area contributed by atoms with Crippen LogP contribution in [-0.4, -0.2) is 27.8 Å². The van der Waals surface area contributed by atoms with Crippen molar-refractivity contribution in [2.45, 2.75) is 12.2 Å². The van der Waals surface area contributed by atoms with Crippen LogP contribution in [0.4, 0.5) is 13.2 Å². The van der Waals surface area contributed by atoms with Gasteiger partial charge in [-0.1, -0.05) is 28.9 Å². The van der Waals surface area contributed by atoms with Gasteiger partial charge in [0.05, 0.1) is 21.4 Å². The summed E-state index contributed by atoms with van der Waals surface area (Å²) in [5, 5.41) is 15.7. The average Bonchev–Trinajstić information content (AvgIpc) is 3.28. The van der Waals surface area contributed by atoms with Crippen LogP contribution in [0.15, 0.2) is 40.9 Å². The first-order chi connectivity index (χ1) is 12.8. The summed E-state index contributed by atoms with van der Waals surface area (Å²) >= 11 is 6.84. The van der Waals surface area contributed by atoms with Gasteiger partial charge in [-0.2, -0.15) is 18.2 Å². The summed E-state index contributed by atoms with van der Waals surface area (Å²) in [6, 6.07) is 6.32. The summed E-state index contributed by atoms with van der Waals surface area (Å²) in [6.07, 6.45) is -4.45. The Morgan fingerprint density at radius 1 is 1.26 bits per heavy atom. The zero-order valence-electron chi connectivity index (χ0n) is 13.3. The number of carbonyl (C=O) groups excluding carboxylic acids is 1. The lowest BCUT2D eigenvalue weighted by molar-refractivity contribution is -0.137. The van der Waals surface area contributed by atoms with E-state index in [0.717, 1.165) is 23.5 Å². The van der Waals surface area contributed by atoms with Gasteiger partial charge >= 0.3 is 6.18 Å². The molecule has 0 radical (unpaired) electrons. The molecule has 0 aliphatic rings. The number of carbonyl (C=O) groups is 1. The van der Waals surface area contributed by atoms with E-state index < -0.39 is 30.3 Å².